The van der Waals surface area contributed by atoms with Crippen LogP contribution in [0.3, 0.4) is 0 Å². The molecule has 3 aliphatic heterocycles. The van der Waals surface area contributed by atoms with Crippen LogP contribution < -0.4 is 9.80 Å². The summed E-state index contributed by atoms with van der Waals surface area (Å²) in [5.74, 6) is 0. The molecular formula is C47H57N7O2. The average molecular weight is 752 g/mol. The van der Waals surface area contributed by atoms with Gasteiger partial charge in [-0.15, -0.1) is 0 Å². The number of hydrogen-bond acceptors (Lipinski definition) is 9. The zero-order valence-corrected chi connectivity index (χ0v) is 33.6. The average Bonchev–Trinajstić information content (AvgIpc) is 3.85. The summed E-state index contributed by atoms with van der Waals surface area (Å²) >= 11 is 0. The van der Waals surface area contributed by atoms with E-state index in [2.05, 4.69) is 118 Å². The quantitative estimate of drug-likeness (QED) is 0.198. The zero-order valence-electron chi connectivity index (χ0n) is 33.6. The fraction of sp³-hybridized carbons (Fsp3) is 0.426. The number of aliphatic hydroxyl groups excluding tert-OH is 1. The summed E-state index contributed by atoms with van der Waals surface area (Å²) in [5.41, 5.74) is 14.1. The molecule has 2 aromatic heterocycles. The highest BCUT2D eigenvalue weighted by atomic mass is 16.3. The van der Waals surface area contributed by atoms with E-state index in [0.29, 0.717) is 18.5 Å². The van der Waals surface area contributed by atoms with Gasteiger partial charge in [0.2, 0.25) is 0 Å². The van der Waals surface area contributed by atoms with Crippen molar-refractivity contribution in [2.45, 2.75) is 58.7 Å². The second-order valence-electron chi connectivity index (χ2n) is 16.6. The first kappa shape index (κ1) is 38.2. The normalized spacial score (nSPS) is 19.0. The van der Waals surface area contributed by atoms with Crippen LogP contribution in [-0.4, -0.2) is 126 Å². The Labute approximate surface area is 333 Å². The maximum atomic E-state index is 11.1. The van der Waals surface area contributed by atoms with Crippen molar-refractivity contribution in [2.75, 3.05) is 81.8 Å². The standard InChI is InChI=1S/C25H32N4O.C22H25N3O/c1-18(2)28-9-11-29(12-10-28)22-5-3-20(4-6-22)25-24-14-19(13-21(24)7-8-26-25)15-27-16-23(30)17-27;1-16(2)24-9-11-25(12-10-24)20-5-3-18(4-6-20)22-21-14-17(15-26)13-19(21)7-8-23-22/h3-8,14,18,23,30H,9-13,15-17H2,1-2H3;3-8,14-16H,9-13H2,1-2H3. The van der Waals surface area contributed by atoms with E-state index in [1.54, 1.807) is 0 Å². The minimum atomic E-state index is -0.140. The number of anilines is 2. The number of carbonyl (C=O) groups is 1. The number of benzene rings is 2. The van der Waals surface area contributed by atoms with Crippen LogP contribution in [0.15, 0.2) is 84.2 Å². The lowest BCUT2D eigenvalue weighted by Gasteiger charge is -2.38. The molecule has 5 heterocycles. The number of allylic oxidation sites excluding steroid dienone is 1. The molecule has 292 valence electrons. The number of aromatic nitrogens is 2. The van der Waals surface area contributed by atoms with E-state index in [0.717, 1.165) is 113 Å². The molecule has 3 fully saturated rings. The van der Waals surface area contributed by atoms with Crippen molar-refractivity contribution >= 4 is 29.8 Å². The largest absolute Gasteiger partial charge is 0.390 e. The number of hydrogen-bond donors (Lipinski definition) is 1. The summed E-state index contributed by atoms with van der Waals surface area (Å²) in [5, 5.41) is 9.54. The van der Waals surface area contributed by atoms with E-state index in [4.69, 9.17) is 4.98 Å². The monoisotopic (exact) mass is 751 g/mol. The van der Waals surface area contributed by atoms with Crippen LogP contribution in [0.2, 0.25) is 0 Å². The topological polar surface area (TPSA) is 79.3 Å². The first-order chi connectivity index (χ1) is 27.2. The Balaban J connectivity index is 0.000000159. The minimum Gasteiger partial charge on any atom is -0.390 e. The van der Waals surface area contributed by atoms with E-state index < -0.39 is 0 Å². The number of likely N-dealkylation sites (tertiary alicyclic amines) is 1. The second-order valence-corrected chi connectivity index (χ2v) is 16.6. The van der Waals surface area contributed by atoms with Crippen molar-refractivity contribution in [1.82, 2.24) is 24.7 Å². The van der Waals surface area contributed by atoms with Crippen molar-refractivity contribution in [3.05, 3.63) is 106 Å². The molecular weight excluding hydrogens is 695 g/mol. The Morgan fingerprint density at radius 3 is 1.55 bits per heavy atom. The van der Waals surface area contributed by atoms with Crippen LogP contribution in [0.4, 0.5) is 11.4 Å². The molecule has 4 aromatic rings. The lowest BCUT2D eigenvalue weighted by Crippen LogP contribution is -2.51. The first-order valence-corrected chi connectivity index (χ1v) is 20.6. The predicted octanol–water partition coefficient (Wildman–Crippen LogP) is 6.31. The molecule has 0 amide bonds. The molecule has 0 atom stereocenters. The van der Waals surface area contributed by atoms with E-state index >= 15 is 0 Å². The van der Waals surface area contributed by atoms with Crippen LogP contribution in [0, 0.1) is 0 Å². The third-order valence-electron chi connectivity index (χ3n) is 12.3. The molecule has 56 heavy (non-hydrogen) atoms. The molecule has 9 rings (SSSR count). The van der Waals surface area contributed by atoms with Gasteiger partial charge < -0.3 is 14.9 Å². The Hall–Kier alpha value is -4.67. The highest BCUT2D eigenvalue weighted by Crippen LogP contribution is 2.35. The Bertz CT molecular complexity index is 2050. The number of rotatable bonds is 9. The minimum absolute atomic E-state index is 0.140. The van der Waals surface area contributed by atoms with Crippen LogP contribution in [0.1, 0.15) is 49.9 Å². The number of fused-ring (bicyclic) bond motifs is 2. The molecule has 0 saturated carbocycles. The smallest absolute Gasteiger partial charge is 0.146 e. The number of carbonyl (C=O) groups excluding carboxylic acids is 1. The molecule has 0 bridgehead atoms. The maximum absolute atomic E-state index is 11.1. The van der Waals surface area contributed by atoms with Gasteiger partial charge in [-0.05, 0) is 93.3 Å². The van der Waals surface area contributed by atoms with Crippen molar-refractivity contribution in [3.63, 3.8) is 0 Å². The molecule has 9 heteroatoms. The van der Waals surface area contributed by atoms with Gasteiger partial charge in [-0.1, -0.05) is 35.9 Å². The summed E-state index contributed by atoms with van der Waals surface area (Å²) < 4.78 is 0. The van der Waals surface area contributed by atoms with Gasteiger partial charge in [-0.3, -0.25) is 29.5 Å². The summed E-state index contributed by atoms with van der Waals surface area (Å²) in [4.78, 5) is 32.8. The van der Waals surface area contributed by atoms with Crippen LogP contribution >= 0.6 is 0 Å². The van der Waals surface area contributed by atoms with Gasteiger partial charge in [0.15, 0.2) is 0 Å². The lowest BCUT2D eigenvalue weighted by molar-refractivity contribution is -0.104. The van der Waals surface area contributed by atoms with Crippen molar-refractivity contribution in [3.8, 4) is 22.5 Å². The van der Waals surface area contributed by atoms with E-state index in [-0.39, 0.29) is 6.10 Å². The van der Waals surface area contributed by atoms with Crippen LogP contribution in [-0.2, 0) is 17.6 Å². The Morgan fingerprint density at radius 1 is 0.643 bits per heavy atom. The van der Waals surface area contributed by atoms with E-state index in [1.165, 1.54) is 39.2 Å². The van der Waals surface area contributed by atoms with Gasteiger partial charge in [0, 0.05) is 137 Å². The van der Waals surface area contributed by atoms with Gasteiger partial charge >= 0.3 is 0 Å². The number of aldehydes is 1. The molecule has 3 saturated heterocycles. The van der Waals surface area contributed by atoms with Gasteiger partial charge in [0.1, 0.15) is 6.29 Å². The lowest BCUT2D eigenvalue weighted by atomic mass is 10.0. The van der Waals surface area contributed by atoms with Gasteiger partial charge in [0.25, 0.3) is 0 Å². The summed E-state index contributed by atoms with van der Waals surface area (Å²) in [6.07, 6.45) is 10.6. The molecule has 2 aliphatic carbocycles. The number of aliphatic hydroxyl groups is 1. The summed E-state index contributed by atoms with van der Waals surface area (Å²) in [6, 6.07) is 23.1. The summed E-state index contributed by atoms with van der Waals surface area (Å²) in [6.45, 7) is 20.5. The Morgan fingerprint density at radius 2 is 1.11 bits per heavy atom. The molecule has 0 spiro atoms. The zero-order chi connectivity index (χ0) is 38.8. The van der Waals surface area contributed by atoms with Crippen molar-refractivity contribution in [2.24, 2.45) is 0 Å². The number of pyridine rings is 2. The van der Waals surface area contributed by atoms with E-state index in [9.17, 15) is 9.90 Å². The van der Waals surface area contributed by atoms with Gasteiger partial charge in [-0.2, -0.15) is 0 Å². The molecule has 9 nitrogen and oxygen atoms in total. The SMILES string of the molecule is CC(C)N1CCN(c2ccc(-c3nccc4c3C=C(C=O)C4)cc2)CC1.CC(C)N1CCN(c2ccc(-c3nccc4c3C=C(CN3CC(O)C3)C4)cc2)CC1. The van der Waals surface area contributed by atoms with E-state index in [1.807, 2.05) is 24.5 Å². The van der Waals surface area contributed by atoms with Crippen LogP contribution in [0.5, 0.6) is 0 Å². The highest BCUT2D eigenvalue weighted by Gasteiger charge is 2.27. The third kappa shape index (κ3) is 8.37. The van der Waals surface area contributed by atoms with Gasteiger partial charge in [0.05, 0.1) is 17.5 Å². The van der Waals surface area contributed by atoms with Crippen molar-refractivity contribution in [1.29, 1.82) is 0 Å². The fourth-order valence-corrected chi connectivity index (χ4v) is 8.86. The number of piperazine rings is 2. The second kappa shape index (κ2) is 16.8. The molecule has 2 aromatic carbocycles. The number of nitrogens with zero attached hydrogens (tertiary/aromatic N) is 7. The molecule has 0 radical (unpaired) electrons. The molecule has 5 aliphatic rings. The number of β-amino-alcohol motifs (C(OH)–C–C–N with tert-alkyl or cyclic N) is 1. The van der Waals surface area contributed by atoms with Crippen LogP contribution in [0.25, 0.3) is 34.7 Å². The first-order valence-electron chi connectivity index (χ1n) is 20.6. The van der Waals surface area contributed by atoms with Gasteiger partial charge in [-0.25, -0.2) is 0 Å². The fourth-order valence-electron chi connectivity index (χ4n) is 8.86. The molecule has 1 N–H and O–H groups in total. The molecule has 0 unspecified atom stereocenters. The highest BCUT2D eigenvalue weighted by molar-refractivity contribution is 5.90. The summed E-state index contributed by atoms with van der Waals surface area (Å²) in [7, 11) is 0. The van der Waals surface area contributed by atoms with Crippen molar-refractivity contribution < 1.29 is 9.90 Å². The third-order valence-corrected chi connectivity index (χ3v) is 12.3. The predicted molar refractivity (Wildman–Crippen MR) is 229 cm³/mol. The maximum Gasteiger partial charge on any atom is 0.146 e. The Kier molecular flexibility index (Phi) is 11.5.